The van der Waals surface area contributed by atoms with Gasteiger partial charge in [-0.2, -0.15) is 13.2 Å². The van der Waals surface area contributed by atoms with Gasteiger partial charge in [-0.25, -0.2) is 9.18 Å². The van der Waals surface area contributed by atoms with Crippen LogP contribution >= 0.6 is 0 Å². The van der Waals surface area contributed by atoms with Crippen LogP contribution in [0.4, 0.5) is 17.6 Å². The third-order valence-corrected chi connectivity index (χ3v) is 11.0. The van der Waals surface area contributed by atoms with E-state index in [-0.39, 0.29) is 24.3 Å². The molecule has 14 heteroatoms. The number of aliphatic hydroxyl groups is 1. The van der Waals surface area contributed by atoms with Crippen LogP contribution in [-0.4, -0.2) is 81.0 Å². The third-order valence-electron chi connectivity index (χ3n) is 11.0. The first-order valence-corrected chi connectivity index (χ1v) is 19.5. The predicted molar refractivity (Wildman–Crippen MR) is 209 cm³/mol. The van der Waals surface area contributed by atoms with Crippen LogP contribution in [0.1, 0.15) is 152 Å². The van der Waals surface area contributed by atoms with Crippen molar-refractivity contribution in [1.29, 1.82) is 0 Å². The van der Waals surface area contributed by atoms with E-state index in [2.05, 4.69) is 0 Å². The van der Waals surface area contributed by atoms with Crippen LogP contribution in [0.25, 0.3) is 0 Å². The second kappa shape index (κ2) is 18.6. The molecule has 0 aromatic heterocycles. The SMILES string of the molecule is CCC(C)(CC(C)(CC(C)(F)C(=O)OC(C)(C)C(C)(C)C)C(=O)OC(C)C(=O)N(C(=O)c1ccc(C)cc1)C(C)C)C(=O)OC(CC(C)C)CC(C)(O)C(F)(F)F. The number of hydrogen-bond acceptors (Lipinski definition) is 9. The van der Waals surface area contributed by atoms with Crippen LogP contribution in [0.2, 0.25) is 0 Å². The molecule has 0 radical (unpaired) electrons. The summed E-state index contributed by atoms with van der Waals surface area (Å²) in [6.45, 7) is 24.0. The highest BCUT2D eigenvalue weighted by Crippen LogP contribution is 2.46. The Morgan fingerprint density at radius 2 is 1.23 bits per heavy atom. The van der Waals surface area contributed by atoms with Gasteiger partial charge in [-0.3, -0.25) is 24.1 Å². The van der Waals surface area contributed by atoms with Gasteiger partial charge in [-0.15, -0.1) is 0 Å². The summed E-state index contributed by atoms with van der Waals surface area (Å²) in [5, 5.41) is 10.3. The average molecular weight is 818 g/mol. The number of halogens is 4. The lowest BCUT2D eigenvalue weighted by molar-refractivity contribution is -0.262. The number of aryl methyl sites for hydroxylation is 1. The summed E-state index contributed by atoms with van der Waals surface area (Å²) < 4.78 is 74.9. The maximum Gasteiger partial charge on any atom is 0.417 e. The topological polar surface area (TPSA) is 137 Å². The van der Waals surface area contributed by atoms with E-state index in [1.54, 1.807) is 93.5 Å². The first kappa shape index (κ1) is 51.5. The Kier molecular flexibility index (Phi) is 16.8. The van der Waals surface area contributed by atoms with Crippen molar-refractivity contribution in [3.05, 3.63) is 35.4 Å². The van der Waals surface area contributed by atoms with Crippen molar-refractivity contribution in [2.45, 2.75) is 184 Å². The summed E-state index contributed by atoms with van der Waals surface area (Å²) in [6.07, 6.45) is -10.6. The Balaban J connectivity index is 3.73. The predicted octanol–water partition coefficient (Wildman–Crippen LogP) is 9.26. The molecule has 57 heavy (non-hydrogen) atoms. The quantitative estimate of drug-likeness (QED) is 0.0874. The molecule has 326 valence electrons. The fourth-order valence-electron chi connectivity index (χ4n) is 6.23. The van der Waals surface area contributed by atoms with E-state index in [9.17, 15) is 42.3 Å². The second-order valence-corrected chi connectivity index (χ2v) is 18.8. The average Bonchev–Trinajstić information content (AvgIpc) is 3.02. The summed E-state index contributed by atoms with van der Waals surface area (Å²) in [7, 11) is 0. The second-order valence-electron chi connectivity index (χ2n) is 18.8. The van der Waals surface area contributed by atoms with Crippen LogP contribution in [0.5, 0.6) is 0 Å². The van der Waals surface area contributed by atoms with E-state index in [4.69, 9.17) is 14.2 Å². The Labute approximate surface area is 336 Å². The first-order valence-electron chi connectivity index (χ1n) is 19.5. The van der Waals surface area contributed by atoms with E-state index < -0.39 is 107 Å². The Hall–Kier alpha value is -3.55. The van der Waals surface area contributed by atoms with Crippen LogP contribution < -0.4 is 0 Å². The van der Waals surface area contributed by atoms with Crippen molar-refractivity contribution in [2.24, 2.45) is 22.2 Å². The van der Waals surface area contributed by atoms with Gasteiger partial charge in [0.1, 0.15) is 11.7 Å². The Bertz CT molecular complexity index is 1580. The largest absolute Gasteiger partial charge is 0.462 e. The molecule has 0 saturated heterocycles. The molecule has 2 amide bonds. The number of esters is 3. The lowest BCUT2D eigenvalue weighted by Gasteiger charge is -2.42. The molecule has 0 saturated carbocycles. The number of ether oxygens (including phenoxy) is 3. The molecule has 10 nitrogen and oxygen atoms in total. The fourth-order valence-corrected chi connectivity index (χ4v) is 6.23. The zero-order chi connectivity index (χ0) is 44.9. The number of alkyl halides is 4. The molecule has 0 aliphatic heterocycles. The van der Waals surface area contributed by atoms with Crippen molar-refractivity contribution < 1.29 is 60.9 Å². The maximum atomic E-state index is 16.8. The van der Waals surface area contributed by atoms with Gasteiger partial charge in [0.2, 0.25) is 5.67 Å². The molecule has 0 spiro atoms. The minimum Gasteiger partial charge on any atom is -0.462 e. The number of rotatable bonds is 18. The van der Waals surface area contributed by atoms with Gasteiger partial charge in [0.15, 0.2) is 11.7 Å². The maximum absolute atomic E-state index is 16.8. The van der Waals surface area contributed by atoms with Gasteiger partial charge in [-0.1, -0.05) is 59.2 Å². The van der Waals surface area contributed by atoms with Crippen molar-refractivity contribution >= 4 is 29.7 Å². The lowest BCUT2D eigenvalue weighted by atomic mass is 9.67. The van der Waals surface area contributed by atoms with E-state index in [1.807, 2.05) is 6.92 Å². The highest BCUT2D eigenvalue weighted by atomic mass is 19.4. The molecule has 0 bridgehead atoms. The highest BCUT2D eigenvalue weighted by molar-refractivity contribution is 6.06. The Morgan fingerprint density at radius 1 is 0.737 bits per heavy atom. The highest BCUT2D eigenvalue weighted by Gasteiger charge is 2.55. The molecule has 1 N–H and O–H groups in total. The summed E-state index contributed by atoms with van der Waals surface area (Å²) in [6, 6.07) is 5.83. The number of hydrogen-bond donors (Lipinski definition) is 1. The molecule has 0 aliphatic carbocycles. The standard InChI is InChI=1S/C43H67F4NO9/c1-17-39(13,34(51)56-31(22-26(2)3)23-42(16,54)43(45,46)47)24-40(14,25-41(15,44)36(53)57-38(11,12)37(8,9)10)35(52)55-29(7)32(49)48(27(4)5)33(50)30-20-18-28(6)19-21-30/h18-21,26-27,29,31,54H,17,22-25H2,1-16H3. The first-order chi connectivity index (χ1) is 25.5. The van der Waals surface area contributed by atoms with E-state index in [1.165, 1.54) is 20.8 Å². The van der Waals surface area contributed by atoms with Gasteiger partial charge >= 0.3 is 24.1 Å². The number of carbonyl (C=O) groups excluding carboxylic acids is 5. The van der Waals surface area contributed by atoms with Crippen LogP contribution in [-0.2, 0) is 33.4 Å². The summed E-state index contributed by atoms with van der Waals surface area (Å²) in [4.78, 5) is 70.2. The molecule has 1 rings (SSSR count). The molecule has 0 aliphatic rings. The zero-order valence-corrected chi connectivity index (χ0v) is 36.8. The third kappa shape index (κ3) is 13.5. The summed E-state index contributed by atoms with van der Waals surface area (Å²) in [5.41, 5.74) is -10.6. The molecule has 6 unspecified atom stereocenters. The molecule has 0 fully saturated rings. The summed E-state index contributed by atoms with van der Waals surface area (Å²) in [5.74, 6) is -5.30. The number of nitrogens with zero attached hydrogens (tertiary/aromatic N) is 1. The lowest BCUT2D eigenvalue weighted by Crippen LogP contribution is -2.51. The van der Waals surface area contributed by atoms with Crippen molar-refractivity contribution in [3.8, 4) is 0 Å². The van der Waals surface area contributed by atoms with Crippen LogP contribution in [0.15, 0.2) is 24.3 Å². The number of carbonyl (C=O) groups is 5. The minimum atomic E-state index is -5.03. The van der Waals surface area contributed by atoms with Crippen LogP contribution in [0, 0.1) is 29.1 Å². The number of amides is 2. The van der Waals surface area contributed by atoms with E-state index in [0.717, 1.165) is 17.4 Å². The van der Waals surface area contributed by atoms with Gasteiger partial charge in [0.05, 0.1) is 10.8 Å². The van der Waals surface area contributed by atoms with Gasteiger partial charge in [0, 0.05) is 29.9 Å². The molecular formula is C43H67F4NO9. The van der Waals surface area contributed by atoms with Gasteiger partial charge in [-0.05, 0) is 107 Å². The van der Waals surface area contributed by atoms with Gasteiger partial charge < -0.3 is 19.3 Å². The van der Waals surface area contributed by atoms with Gasteiger partial charge in [0.25, 0.3) is 11.8 Å². The molecule has 1 aromatic carbocycles. The molecule has 0 heterocycles. The van der Waals surface area contributed by atoms with Crippen LogP contribution in [0.3, 0.4) is 0 Å². The smallest absolute Gasteiger partial charge is 0.417 e. The fraction of sp³-hybridized carbons (Fsp3) is 0.744. The minimum absolute atomic E-state index is 0.0394. The van der Waals surface area contributed by atoms with E-state index in [0.29, 0.717) is 6.92 Å². The van der Waals surface area contributed by atoms with Crippen molar-refractivity contribution in [1.82, 2.24) is 4.90 Å². The molecule has 1 aromatic rings. The Morgan fingerprint density at radius 3 is 1.65 bits per heavy atom. The zero-order valence-electron chi connectivity index (χ0n) is 36.8. The van der Waals surface area contributed by atoms with E-state index >= 15 is 4.39 Å². The number of benzene rings is 1. The summed E-state index contributed by atoms with van der Waals surface area (Å²) >= 11 is 0. The van der Waals surface area contributed by atoms with Crippen molar-refractivity contribution in [2.75, 3.05) is 0 Å². The normalized spacial score (nSPS) is 17.9. The monoisotopic (exact) mass is 817 g/mol. The molecular weight excluding hydrogens is 750 g/mol. The van der Waals surface area contributed by atoms with Crippen molar-refractivity contribution in [3.63, 3.8) is 0 Å². The number of imide groups is 1. The molecule has 6 atom stereocenters.